The highest BCUT2D eigenvalue weighted by atomic mass is 19.1. The van der Waals surface area contributed by atoms with Gasteiger partial charge in [0.05, 0.1) is 18.3 Å². The molecule has 1 amide bonds. The van der Waals surface area contributed by atoms with Crippen molar-refractivity contribution in [1.82, 2.24) is 5.32 Å². The minimum atomic E-state index is -0.905. The molecular weight excluding hydrogens is 256 g/mol. The number of amides is 1. The molecule has 0 spiro atoms. The van der Waals surface area contributed by atoms with Gasteiger partial charge in [0.15, 0.2) is 0 Å². The molecule has 1 atom stereocenters. The molecule has 0 heterocycles. The Kier molecular flexibility index (Phi) is 5.85. The molecule has 0 fully saturated rings. The molecule has 0 radical (unpaired) electrons. The van der Waals surface area contributed by atoms with Crippen LogP contribution in [0.2, 0.25) is 0 Å². The Bertz CT molecular complexity index is 452. The van der Waals surface area contributed by atoms with Gasteiger partial charge in [-0.3, -0.25) is 4.79 Å². The van der Waals surface area contributed by atoms with Gasteiger partial charge in [0.2, 0.25) is 0 Å². The number of methoxy groups -OCH3 is 1. The van der Waals surface area contributed by atoms with Crippen molar-refractivity contribution < 1.29 is 23.4 Å². The molecule has 2 N–H and O–H groups in total. The highest BCUT2D eigenvalue weighted by molar-refractivity contribution is 5.94. The maximum atomic E-state index is 13.4. The van der Waals surface area contributed by atoms with Gasteiger partial charge in [0.25, 0.3) is 5.91 Å². The third-order valence-electron chi connectivity index (χ3n) is 2.62. The molecule has 1 rings (SSSR count). The fourth-order valence-corrected chi connectivity index (χ4v) is 1.55. The number of hydrogen-bond acceptors (Lipinski definition) is 3. The molecule has 0 saturated carbocycles. The Labute approximate surface area is 110 Å². The summed E-state index contributed by atoms with van der Waals surface area (Å²) >= 11 is 0. The number of hydrogen-bond donors (Lipinski definition) is 2. The van der Waals surface area contributed by atoms with Crippen molar-refractivity contribution in [3.05, 3.63) is 34.9 Å². The molecule has 0 aliphatic rings. The number of benzene rings is 1. The van der Waals surface area contributed by atoms with Crippen LogP contribution in [-0.4, -0.2) is 37.4 Å². The first kappa shape index (κ1) is 15.5. The summed E-state index contributed by atoms with van der Waals surface area (Å²) in [6.45, 7) is 1.80. The predicted molar refractivity (Wildman–Crippen MR) is 65.9 cm³/mol. The number of aliphatic hydroxyl groups is 1. The molecule has 1 aromatic carbocycles. The van der Waals surface area contributed by atoms with Gasteiger partial charge in [-0.15, -0.1) is 0 Å². The van der Waals surface area contributed by atoms with E-state index >= 15 is 0 Å². The second-order valence-corrected chi connectivity index (χ2v) is 4.23. The van der Waals surface area contributed by atoms with E-state index in [4.69, 9.17) is 4.74 Å². The lowest BCUT2D eigenvalue weighted by Crippen LogP contribution is -2.29. The molecule has 0 aliphatic carbocycles. The van der Waals surface area contributed by atoms with Crippen LogP contribution >= 0.6 is 0 Å². The second-order valence-electron chi connectivity index (χ2n) is 4.23. The molecule has 106 valence electrons. The number of aliphatic hydroxyl groups excluding tert-OH is 1. The van der Waals surface area contributed by atoms with Crippen molar-refractivity contribution in [3.63, 3.8) is 0 Å². The average molecular weight is 273 g/mol. The van der Waals surface area contributed by atoms with E-state index in [9.17, 15) is 18.7 Å². The smallest absolute Gasteiger partial charge is 0.254 e. The van der Waals surface area contributed by atoms with Crippen molar-refractivity contribution in [2.75, 3.05) is 20.3 Å². The van der Waals surface area contributed by atoms with Crippen LogP contribution in [0.3, 0.4) is 0 Å². The van der Waals surface area contributed by atoms with E-state index in [0.717, 1.165) is 6.07 Å². The van der Waals surface area contributed by atoms with Crippen molar-refractivity contribution >= 4 is 5.91 Å². The van der Waals surface area contributed by atoms with Gasteiger partial charge in [0.1, 0.15) is 11.6 Å². The van der Waals surface area contributed by atoms with E-state index in [1.807, 2.05) is 0 Å². The standard InChI is InChI=1S/C13H17F2NO3/c1-8-5-10(12(15)6-11(8)14)13(18)16-4-3-9(17)7-19-2/h5-6,9,17H,3-4,7H2,1-2H3,(H,16,18). The fourth-order valence-electron chi connectivity index (χ4n) is 1.55. The van der Waals surface area contributed by atoms with Crippen LogP contribution in [0.4, 0.5) is 8.78 Å². The minimum Gasteiger partial charge on any atom is -0.391 e. The lowest BCUT2D eigenvalue weighted by atomic mass is 10.1. The zero-order valence-corrected chi connectivity index (χ0v) is 10.9. The zero-order chi connectivity index (χ0) is 14.4. The van der Waals surface area contributed by atoms with Gasteiger partial charge in [-0.05, 0) is 25.0 Å². The number of aryl methyl sites for hydroxylation is 1. The van der Waals surface area contributed by atoms with Crippen LogP contribution < -0.4 is 5.32 Å². The van der Waals surface area contributed by atoms with E-state index < -0.39 is 23.6 Å². The van der Waals surface area contributed by atoms with Crippen molar-refractivity contribution in [2.45, 2.75) is 19.4 Å². The largest absolute Gasteiger partial charge is 0.391 e. The molecule has 19 heavy (non-hydrogen) atoms. The first-order valence-corrected chi connectivity index (χ1v) is 5.86. The zero-order valence-electron chi connectivity index (χ0n) is 10.9. The Morgan fingerprint density at radius 3 is 2.74 bits per heavy atom. The summed E-state index contributed by atoms with van der Waals surface area (Å²) in [5.74, 6) is -2.23. The van der Waals surface area contributed by atoms with E-state index in [0.29, 0.717) is 12.5 Å². The quantitative estimate of drug-likeness (QED) is 0.823. The van der Waals surface area contributed by atoms with Gasteiger partial charge < -0.3 is 15.2 Å². The van der Waals surface area contributed by atoms with Crippen molar-refractivity contribution in [3.8, 4) is 0 Å². The van der Waals surface area contributed by atoms with Gasteiger partial charge in [0, 0.05) is 19.7 Å². The highest BCUT2D eigenvalue weighted by Crippen LogP contribution is 2.14. The molecule has 1 unspecified atom stereocenters. The normalized spacial score (nSPS) is 12.3. The monoisotopic (exact) mass is 273 g/mol. The van der Waals surface area contributed by atoms with Gasteiger partial charge in [-0.2, -0.15) is 0 Å². The molecule has 6 heteroatoms. The van der Waals surface area contributed by atoms with E-state index in [2.05, 4.69) is 5.32 Å². The summed E-state index contributed by atoms with van der Waals surface area (Å²) in [5, 5.41) is 11.8. The van der Waals surface area contributed by atoms with E-state index in [1.165, 1.54) is 14.0 Å². The molecule has 0 aromatic heterocycles. The average Bonchev–Trinajstić information content (AvgIpc) is 2.34. The van der Waals surface area contributed by atoms with Crippen LogP contribution in [0.1, 0.15) is 22.3 Å². The molecular formula is C13H17F2NO3. The first-order chi connectivity index (χ1) is 8.95. The Hall–Kier alpha value is -1.53. The molecule has 1 aromatic rings. The first-order valence-electron chi connectivity index (χ1n) is 5.86. The Balaban J connectivity index is 2.57. The SMILES string of the molecule is COCC(O)CCNC(=O)c1cc(C)c(F)cc1F. The fraction of sp³-hybridized carbons (Fsp3) is 0.462. The summed E-state index contributed by atoms with van der Waals surface area (Å²) in [6.07, 6.45) is -0.397. The molecule has 0 aliphatic heterocycles. The number of halogens is 2. The maximum absolute atomic E-state index is 13.4. The number of carbonyl (C=O) groups is 1. The molecule has 4 nitrogen and oxygen atoms in total. The number of carbonyl (C=O) groups excluding carboxylic acids is 1. The summed E-state index contributed by atoms with van der Waals surface area (Å²) in [6, 6.07) is 1.84. The van der Waals surface area contributed by atoms with Gasteiger partial charge in [-0.25, -0.2) is 8.78 Å². The van der Waals surface area contributed by atoms with E-state index in [-0.39, 0.29) is 24.3 Å². The van der Waals surface area contributed by atoms with Gasteiger partial charge >= 0.3 is 0 Å². The summed E-state index contributed by atoms with van der Waals surface area (Å²) < 4.78 is 31.2. The Morgan fingerprint density at radius 2 is 2.11 bits per heavy atom. The minimum absolute atomic E-state index is 0.167. The van der Waals surface area contributed by atoms with Crippen LogP contribution in [0.25, 0.3) is 0 Å². The molecule has 0 bridgehead atoms. The van der Waals surface area contributed by atoms with Crippen LogP contribution in [0.15, 0.2) is 12.1 Å². The van der Waals surface area contributed by atoms with Crippen molar-refractivity contribution in [2.24, 2.45) is 0 Å². The predicted octanol–water partition coefficient (Wildman–Crippen LogP) is 1.40. The Morgan fingerprint density at radius 1 is 1.42 bits per heavy atom. The van der Waals surface area contributed by atoms with Crippen LogP contribution in [0.5, 0.6) is 0 Å². The van der Waals surface area contributed by atoms with E-state index in [1.54, 1.807) is 0 Å². The lowest BCUT2D eigenvalue weighted by Gasteiger charge is -2.11. The summed E-state index contributed by atoms with van der Waals surface area (Å²) in [5.41, 5.74) is -0.00824. The summed E-state index contributed by atoms with van der Waals surface area (Å²) in [4.78, 5) is 11.7. The number of nitrogens with one attached hydrogen (secondary N) is 1. The topological polar surface area (TPSA) is 58.6 Å². The molecule has 0 saturated heterocycles. The van der Waals surface area contributed by atoms with Gasteiger partial charge in [-0.1, -0.05) is 0 Å². The van der Waals surface area contributed by atoms with Crippen LogP contribution in [0, 0.1) is 18.6 Å². The number of rotatable bonds is 6. The number of ether oxygens (including phenoxy) is 1. The van der Waals surface area contributed by atoms with Crippen LogP contribution in [-0.2, 0) is 4.74 Å². The lowest BCUT2D eigenvalue weighted by molar-refractivity contribution is 0.0587. The maximum Gasteiger partial charge on any atom is 0.254 e. The third-order valence-corrected chi connectivity index (χ3v) is 2.62. The third kappa shape index (κ3) is 4.57. The second kappa shape index (κ2) is 7.16. The highest BCUT2D eigenvalue weighted by Gasteiger charge is 2.14. The summed E-state index contributed by atoms with van der Waals surface area (Å²) in [7, 11) is 1.46. The van der Waals surface area contributed by atoms with Crippen molar-refractivity contribution in [1.29, 1.82) is 0 Å².